The average molecular weight is 274 g/mol. The van der Waals surface area contributed by atoms with Gasteiger partial charge in [0, 0.05) is 0 Å². The van der Waals surface area contributed by atoms with E-state index in [0.29, 0.717) is 31.2 Å². The van der Waals surface area contributed by atoms with Crippen LogP contribution in [0.5, 0.6) is 0 Å². The molecule has 0 unspecified atom stereocenters. The summed E-state index contributed by atoms with van der Waals surface area (Å²) in [5.74, 6) is 1.00. The molecule has 1 rings (SSSR count). The van der Waals surface area contributed by atoms with Gasteiger partial charge in [-0.1, -0.05) is 18.6 Å². The zero-order chi connectivity index (χ0) is 13.6. The van der Waals surface area contributed by atoms with E-state index >= 15 is 0 Å². The average Bonchev–Trinajstić information content (AvgIpc) is 2.30. The summed E-state index contributed by atoms with van der Waals surface area (Å²) >= 11 is 0. The minimum Gasteiger partial charge on any atom is -0.309 e. The van der Waals surface area contributed by atoms with Crippen LogP contribution < -0.4 is 0 Å². The summed E-state index contributed by atoms with van der Waals surface area (Å²) in [4.78, 5) is 0. The highest BCUT2D eigenvalue weighted by molar-refractivity contribution is 7.53. The van der Waals surface area contributed by atoms with Gasteiger partial charge >= 0.3 is 7.60 Å². The molecule has 4 heteroatoms. The van der Waals surface area contributed by atoms with Gasteiger partial charge in [0.2, 0.25) is 0 Å². The molecular weight excluding hydrogens is 247 g/mol. The van der Waals surface area contributed by atoms with Crippen molar-refractivity contribution in [2.24, 2.45) is 11.8 Å². The highest BCUT2D eigenvalue weighted by atomic mass is 31.2. The van der Waals surface area contributed by atoms with Crippen LogP contribution in [0.15, 0.2) is 11.6 Å². The fourth-order valence-corrected chi connectivity index (χ4v) is 4.62. The van der Waals surface area contributed by atoms with Gasteiger partial charge in [0.05, 0.1) is 19.4 Å². The lowest BCUT2D eigenvalue weighted by Gasteiger charge is -2.29. The molecule has 1 aliphatic carbocycles. The lowest BCUT2D eigenvalue weighted by Crippen LogP contribution is -2.19. The Bertz CT molecular complexity index is 315. The highest BCUT2D eigenvalue weighted by Gasteiger charge is 2.30. The van der Waals surface area contributed by atoms with Crippen LogP contribution in [0, 0.1) is 11.8 Å². The van der Waals surface area contributed by atoms with Gasteiger partial charge in [-0.3, -0.25) is 4.57 Å². The van der Waals surface area contributed by atoms with Gasteiger partial charge in [0.1, 0.15) is 0 Å². The summed E-state index contributed by atoms with van der Waals surface area (Å²) in [5, 5.41) is 0. The number of hydrogen-bond donors (Lipinski definition) is 0. The minimum atomic E-state index is -2.88. The van der Waals surface area contributed by atoms with Crippen molar-refractivity contribution in [1.82, 2.24) is 0 Å². The van der Waals surface area contributed by atoms with Gasteiger partial charge in [-0.25, -0.2) is 0 Å². The Labute approximate surface area is 111 Å². The second-order valence-electron chi connectivity index (χ2n) is 5.19. The summed E-state index contributed by atoms with van der Waals surface area (Å²) in [7, 11) is -2.88. The quantitative estimate of drug-likeness (QED) is 0.501. The monoisotopic (exact) mass is 274 g/mol. The fraction of sp³-hybridized carbons (Fsp3) is 0.857. The maximum atomic E-state index is 12.5. The first-order valence-corrected chi connectivity index (χ1v) is 8.77. The van der Waals surface area contributed by atoms with E-state index in [0.717, 1.165) is 6.42 Å². The third-order valence-electron chi connectivity index (χ3n) is 3.65. The van der Waals surface area contributed by atoms with Crippen LogP contribution >= 0.6 is 7.60 Å². The lowest BCUT2D eigenvalue weighted by atomic mass is 9.83. The van der Waals surface area contributed by atoms with Crippen LogP contribution in [0.4, 0.5) is 0 Å². The van der Waals surface area contributed by atoms with E-state index in [-0.39, 0.29) is 0 Å². The molecule has 0 aromatic carbocycles. The van der Waals surface area contributed by atoms with E-state index in [1.807, 2.05) is 13.8 Å². The van der Waals surface area contributed by atoms with E-state index in [2.05, 4.69) is 19.9 Å². The number of rotatable bonds is 7. The van der Waals surface area contributed by atoms with E-state index in [1.54, 1.807) is 0 Å². The summed E-state index contributed by atoms with van der Waals surface area (Å²) in [6.07, 6.45) is 6.33. The Balaban J connectivity index is 2.56. The van der Waals surface area contributed by atoms with Crippen molar-refractivity contribution in [1.29, 1.82) is 0 Å². The van der Waals surface area contributed by atoms with Crippen molar-refractivity contribution in [2.45, 2.75) is 47.0 Å². The van der Waals surface area contributed by atoms with Gasteiger partial charge in [0.15, 0.2) is 0 Å². The van der Waals surface area contributed by atoms with Crippen LogP contribution in [-0.2, 0) is 13.6 Å². The van der Waals surface area contributed by atoms with Crippen molar-refractivity contribution in [3.63, 3.8) is 0 Å². The molecule has 0 saturated heterocycles. The topological polar surface area (TPSA) is 35.5 Å². The van der Waals surface area contributed by atoms with E-state index in [4.69, 9.17) is 9.05 Å². The summed E-state index contributed by atoms with van der Waals surface area (Å²) < 4.78 is 23.2. The Morgan fingerprint density at radius 1 is 1.39 bits per heavy atom. The molecule has 0 bridgehead atoms. The fourth-order valence-electron chi connectivity index (χ4n) is 2.54. The van der Waals surface area contributed by atoms with Gasteiger partial charge in [-0.05, 0) is 51.9 Å². The normalized spacial score (nSPS) is 22.7. The van der Waals surface area contributed by atoms with Crippen LogP contribution in [0.1, 0.15) is 47.0 Å². The molecule has 0 aromatic heterocycles. The van der Waals surface area contributed by atoms with Crippen molar-refractivity contribution >= 4 is 7.60 Å². The zero-order valence-corrected chi connectivity index (χ0v) is 13.0. The van der Waals surface area contributed by atoms with E-state index < -0.39 is 7.60 Å². The third-order valence-corrected chi connectivity index (χ3v) is 5.97. The minimum absolute atomic E-state index is 0.387. The second-order valence-corrected chi connectivity index (χ2v) is 7.29. The molecule has 1 aliphatic rings. The molecule has 0 amide bonds. The SMILES string of the molecule is CCOP(=O)(C[C@@H](C)[C@@H]1CC=C(C)CC1)OCC. The molecule has 106 valence electrons. The molecule has 0 heterocycles. The molecular formula is C14H27O3P. The Morgan fingerprint density at radius 2 is 2.00 bits per heavy atom. The smallest absolute Gasteiger partial charge is 0.309 e. The van der Waals surface area contributed by atoms with Crippen LogP contribution in [0.25, 0.3) is 0 Å². The molecule has 0 spiro atoms. The van der Waals surface area contributed by atoms with Gasteiger partial charge in [-0.15, -0.1) is 0 Å². The molecule has 0 fully saturated rings. The first kappa shape index (κ1) is 15.9. The van der Waals surface area contributed by atoms with Gasteiger partial charge < -0.3 is 9.05 Å². The summed E-state index contributed by atoms with van der Waals surface area (Å²) in [6.45, 7) is 8.99. The summed E-state index contributed by atoms with van der Waals surface area (Å²) in [5.41, 5.74) is 1.48. The predicted octanol–water partition coefficient (Wildman–Crippen LogP) is 4.64. The van der Waals surface area contributed by atoms with E-state index in [9.17, 15) is 4.57 Å². The summed E-state index contributed by atoms with van der Waals surface area (Å²) in [6, 6.07) is 0. The zero-order valence-electron chi connectivity index (χ0n) is 12.1. The van der Waals surface area contributed by atoms with Crippen LogP contribution in [0.3, 0.4) is 0 Å². The molecule has 0 N–H and O–H groups in total. The van der Waals surface area contributed by atoms with Crippen molar-refractivity contribution < 1.29 is 13.6 Å². The molecule has 0 saturated carbocycles. The van der Waals surface area contributed by atoms with Crippen LogP contribution in [-0.4, -0.2) is 19.4 Å². The second kappa shape index (κ2) is 7.47. The van der Waals surface area contributed by atoms with Crippen molar-refractivity contribution in [3.05, 3.63) is 11.6 Å². The van der Waals surface area contributed by atoms with E-state index in [1.165, 1.54) is 18.4 Å². The highest BCUT2D eigenvalue weighted by Crippen LogP contribution is 2.51. The maximum absolute atomic E-state index is 12.5. The largest absolute Gasteiger partial charge is 0.330 e. The Morgan fingerprint density at radius 3 is 2.44 bits per heavy atom. The predicted molar refractivity (Wildman–Crippen MR) is 76.0 cm³/mol. The van der Waals surface area contributed by atoms with Gasteiger partial charge in [-0.2, -0.15) is 0 Å². The van der Waals surface area contributed by atoms with Crippen molar-refractivity contribution in [2.75, 3.05) is 19.4 Å². The molecule has 2 atom stereocenters. The Kier molecular flexibility index (Phi) is 6.62. The first-order valence-electron chi connectivity index (χ1n) is 7.04. The molecule has 0 radical (unpaired) electrons. The molecule has 3 nitrogen and oxygen atoms in total. The lowest BCUT2D eigenvalue weighted by molar-refractivity contribution is 0.210. The number of hydrogen-bond acceptors (Lipinski definition) is 3. The molecule has 0 aromatic rings. The first-order chi connectivity index (χ1) is 8.50. The number of allylic oxidation sites excluding steroid dienone is 2. The van der Waals surface area contributed by atoms with Crippen molar-refractivity contribution in [3.8, 4) is 0 Å². The van der Waals surface area contributed by atoms with Gasteiger partial charge in [0.25, 0.3) is 0 Å². The maximum Gasteiger partial charge on any atom is 0.330 e. The van der Waals surface area contributed by atoms with Crippen LogP contribution in [0.2, 0.25) is 0 Å². The molecule has 0 aliphatic heterocycles. The third kappa shape index (κ3) is 4.87. The standard InChI is InChI=1S/C14H27O3P/c1-5-16-18(15,17-6-2)11-13(4)14-9-7-12(3)8-10-14/h7,13-14H,5-6,8-11H2,1-4H3/t13-,14-/m1/s1. The Hall–Kier alpha value is -0.110. The molecule has 18 heavy (non-hydrogen) atoms.